The van der Waals surface area contributed by atoms with Gasteiger partial charge in [0.25, 0.3) is 0 Å². The molecule has 2 aromatic rings. The highest BCUT2D eigenvalue weighted by Crippen LogP contribution is 2.26. The zero-order chi connectivity index (χ0) is 11.8. The molecule has 0 aliphatic carbocycles. The Bertz CT molecular complexity index is 486. The van der Waals surface area contributed by atoms with E-state index in [1.54, 1.807) is 0 Å². The van der Waals surface area contributed by atoms with E-state index >= 15 is 0 Å². The number of rotatable bonds is 2. The van der Waals surface area contributed by atoms with E-state index in [1.165, 1.54) is 23.2 Å². The van der Waals surface area contributed by atoms with Crippen LogP contribution in [0.15, 0.2) is 30.5 Å². The fraction of sp³-hybridized carbons (Fsp3) is 0.467. The van der Waals surface area contributed by atoms with Crippen LogP contribution in [-0.2, 0) is 11.8 Å². The lowest BCUT2D eigenvalue weighted by molar-refractivity contribution is 0.560. The Morgan fingerprint density at radius 2 is 1.88 bits per heavy atom. The topological polar surface area (TPSA) is 4.41 Å². The third-order valence-electron chi connectivity index (χ3n) is 3.07. The summed E-state index contributed by atoms with van der Waals surface area (Å²) in [5.41, 5.74) is 4.41. The van der Waals surface area contributed by atoms with Crippen molar-refractivity contribution >= 4 is 5.52 Å². The van der Waals surface area contributed by atoms with Crippen LogP contribution in [-0.4, -0.2) is 4.40 Å². The van der Waals surface area contributed by atoms with Crippen LogP contribution in [0.25, 0.3) is 5.52 Å². The molecule has 0 N–H and O–H groups in total. The van der Waals surface area contributed by atoms with Crippen molar-refractivity contribution < 1.29 is 0 Å². The van der Waals surface area contributed by atoms with Gasteiger partial charge in [-0.05, 0) is 30.2 Å². The summed E-state index contributed by atoms with van der Waals surface area (Å²) in [6, 6.07) is 8.93. The molecule has 0 fully saturated rings. The van der Waals surface area contributed by atoms with Crippen molar-refractivity contribution in [2.75, 3.05) is 0 Å². The van der Waals surface area contributed by atoms with Gasteiger partial charge < -0.3 is 4.40 Å². The molecule has 86 valence electrons. The minimum atomic E-state index is 0.196. The molecule has 1 heteroatoms. The SMILES string of the molecule is CCCc1ccc(C(C)(C)C)n2cccc12. The number of nitrogens with zero attached hydrogens (tertiary/aromatic N) is 1. The van der Waals surface area contributed by atoms with E-state index in [-0.39, 0.29) is 5.41 Å². The van der Waals surface area contributed by atoms with E-state index in [4.69, 9.17) is 0 Å². The maximum atomic E-state index is 2.34. The Kier molecular flexibility index (Phi) is 2.79. The third kappa shape index (κ3) is 1.87. The maximum Gasteiger partial charge on any atom is 0.0485 e. The largest absolute Gasteiger partial charge is 0.320 e. The van der Waals surface area contributed by atoms with Gasteiger partial charge in [0.2, 0.25) is 0 Å². The first kappa shape index (κ1) is 11.3. The number of aryl methyl sites for hydroxylation is 1. The highest BCUT2D eigenvalue weighted by molar-refractivity contribution is 5.57. The van der Waals surface area contributed by atoms with Gasteiger partial charge in [0.05, 0.1) is 0 Å². The predicted molar refractivity (Wildman–Crippen MR) is 70.1 cm³/mol. The molecule has 16 heavy (non-hydrogen) atoms. The van der Waals surface area contributed by atoms with E-state index in [9.17, 15) is 0 Å². The molecule has 2 heterocycles. The van der Waals surface area contributed by atoms with Crippen molar-refractivity contribution in [1.82, 2.24) is 4.40 Å². The molecule has 2 aromatic heterocycles. The van der Waals surface area contributed by atoms with Crippen LogP contribution >= 0.6 is 0 Å². The number of hydrogen-bond acceptors (Lipinski definition) is 0. The molecule has 0 saturated heterocycles. The summed E-state index contributed by atoms with van der Waals surface area (Å²) in [6.45, 7) is 9.03. The highest BCUT2D eigenvalue weighted by Gasteiger charge is 2.17. The maximum absolute atomic E-state index is 2.34. The number of hydrogen-bond donors (Lipinski definition) is 0. The van der Waals surface area contributed by atoms with Crippen LogP contribution in [0, 0.1) is 0 Å². The molecule has 1 nitrogen and oxygen atoms in total. The second kappa shape index (κ2) is 3.97. The molecular weight excluding hydrogens is 194 g/mol. The molecule has 0 radical (unpaired) electrons. The number of pyridine rings is 1. The molecular formula is C15H21N. The van der Waals surface area contributed by atoms with Crippen LogP contribution in [0.4, 0.5) is 0 Å². The lowest BCUT2D eigenvalue weighted by Crippen LogP contribution is -2.16. The first-order valence-electron chi connectivity index (χ1n) is 6.13. The summed E-state index contributed by atoms with van der Waals surface area (Å²) in [5.74, 6) is 0. The van der Waals surface area contributed by atoms with Crippen molar-refractivity contribution in [2.45, 2.75) is 46.0 Å². The Labute approximate surface area is 98.1 Å². The molecule has 0 aliphatic rings. The average molecular weight is 215 g/mol. The minimum Gasteiger partial charge on any atom is -0.320 e. The summed E-state index contributed by atoms with van der Waals surface area (Å²) in [4.78, 5) is 0. The zero-order valence-electron chi connectivity index (χ0n) is 10.7. The Morgan fingerprint density at radius 1 is 1.12 bits per heavy atom. The molecule has 0 bridgehead atoms. The van der Waals surface area contributed by atoms with Crippen molar-refractivity contribution in [2.24, 2.45) is 0 Å². The zero-order valence-corrected chi connectivity index (χ0v) is 10.7. The van der Waals surface area contributed by atoms with E-state index in [0.717, 1.165) is 6.42 Å². The van der Waals surface area contributed by atoms with E-state index in [2.05, 4.69) is 62.6 Å². The number of fused-ring (bicyclic) bond motifs is 1. The Balaban J connectivity index is 2.64. The van der Waals surface area contributed by atoms with Gasteiger partial charge in [-0.25, -0.2) is 0 Å². The smallest absolute Gasteiger partial charge is 0.0485 e. The molecule has 0 saturated carbocycles. The first-order valence-corrected chi connectivity index (χ1v) is 6.13. The van der Waals surface area contributed by atoms with Crippen LogP contribution in [0.5, 0.6) is 0 Å². The van der Waals surface area contributed by atoms with E-state index < -0.39 is 0 Å². The fourth-order valence-corrected chi connectivity index (χ4v) is 2.29. The highest BCUT2D eigenvalue weighted by atomic mass is 14.9. The second-order valence-electron chi connectivity index (χ2n) is 5.51. The lowest BCUT2D eigenvalue weighted by Gasteiger charge is -2.22. The van der Waals surface area contributed by atoms with Gasteiger partial charge in [-0.1, -0.05) is 40.2 Å². The van der Waals surface area contributed by atoms with Crippen LogP contribution in [0.3, 0.4) is 0 Å². The summed E-state index contributed by atoms with van der Waals surface area (Å²) in [6.07, 6.45) is 4.54. The molecule has 2 rings (SSSR count). The predicted octanol–water partition coefficient (Wildman–Crippen LogP) is 4.19. The van der Waals surface area contributed by atoms with Gasteiger partial charge in [0, 0.05) is 22.8 Å². The van der Waals surface area contributed by atoms with Crippen molar-refractivity contribution in [3.8, 4) is 0 Å². The second-order valence-corrected chi connectivity index (χ2v) is 5.51. The Morgan fingerprint density at radius 3 is 2.50 bits per heavy atom. The molecule has 0 aliphatic heterocycles. The normalized spacial score (nSPS) is 12.2. The average Bonchev–Trinajstić information content (AvgIpc) is 2.65. The van der Waals surface area contributed by atoms with Gasteiger partial charge >= 0.3 is 0 Å². The molecule has 0 aromatic carbocycles. The van der Waals surface area contributed by atoms with Gasteiger partial charge in [-0.15, -0.1) is 0 Å². The van der Waals surface area contributed by atoms with Crippen molar-refractivity contribution in [3.63, 3.8) is 0 Å². The monoisotopic (exact) mass is 215 g/mol. The quantitative estimate of drug-likeness (QED) is 0.707. The molecule has 0 amide bonds. The van der Waals surface area contributed by atoms with Crippen molar-refractivity contribution in [1.29, 1.82) is 0 Å². The van der Waals surface area contributed by atoms with Crippen LogP contribution < -0.4 is 0 Å². The van der Waals surface area contributed by atoms with Gasteiger partial charge in [-0.2, -0.15) is 0 Å². The van der Waals surface area contributed by atoms with E-state index in [0.29, 0.717) is 0 Å². The van der Waals surface area contributed by atoms with Crippen LogP contribution in [0.1, 0.15) is 45.4 Å². The minimum absolute atomic E-state index is 0.196. The van der Waals surface area contributed by atoms with Gasteiger partial charge in [-0.3, -0.25) is 0 Å². The fourth-order valence-electron chi connectivity index (χ4n) is 2.29. The summed E-state index contributed by atoms with van der Waals surface area (Å²) in [7, 11) is 0. The van der Waals surface area contributed by atoms with Gasteiger partial charge in [0.15, 0.2) is 0 Å². The van der Waals surface area contributed by atoms with Crippen molar-refractivity contribution in [3.05, 3.63) is 41.7 Å². The van der Waals surface area contributed by atoms with Crippen LogP contribution in [0.2, 0.25) is 0 Å². The number of aromatic nitrogens is 1. The third-order valence-corrected chi connectivity index (χ3v) is 3.07. The Hall–Kier alpha value is -1.24. The van der Waals surface area contributed by atoms with Gasteiger partial charge in [0.1, 0.15) is 0 Å². The van der Waals surface area contributed by atoms with E-state index in [1.807, 2.05) is 0 Å². The standard InChI is InChI=1S/C15H21N/c1-5-7-12-9-10-14(15(2,3)4)16-11-6-8-13(12)16/h6,8-11H,5,7H2,1-4H3. The molecule has 0 spiro atoms. The lowest BCUT2D eigenvalue weighted by atomic mass is 9.90. The summed E-state index contributed by atoms with van der Waals surface area (Å²) < 4.78 is 2.34. The summed E-state index contributed by atoms with van der Waals surface area (Å²) in [5, 5.41) is 0. The first-order chi connectivity index (χ1) is 7.54. The molecule has 0 unspecified atom stereocenters. The molecule has 0 atom stereocenters. The summed E-state index contributed by atoms with van der Waals surface area (Å²) >= 11 is 0.